The summed E-state index contributed by atoms with van der Waals surface area (Å²) in [6.07, 6.45) is 5.55. The molecule has 0 aromatic heterocycles. The maximum atomic E-state index is 12.4. The molecule has 0 radical (unpaired) electrons. The number of para-hydroxylation sites is 2. The third kappa shape index (κ3) is 4.00. The van der Waals surface area contributed by atoms with Gasteiger partial charge >= 0.3 is 5.97 Å². The van der Waals surface area contributed by atoms with E-state index in [4.69, 9.17) is 14.2 Å². The molecule has 1 aliphatic heterocycles. The zero-order chi connectivity index (χ0) is 18.5. The first-order valence-electron chi connectivity index (χ1n) is 9.03. The summed E-state index contributed by atoms with van der Waals surface area (Å²) in [6.45, 7) is -0.370. The topological polar surface area (TPSA) is 82.1 Å². The molecule has 26 heavy (non-hydrogen) atoms. The maximum absolute atomic E-state index is 12.4. The van der Waals surface area contributed by atoms with Gasteiger partial charge in [-0.3, -0.25) is 4.79 Å². The fourth-order valence-corrected chi connectivity index (χ4v) is 3.61. The van der Waals surface area contributed by atoms with E-state index in [1.807, 2.05) is 0 Å². The van der Waals surface area contributed by atoms with Crippen molar-refractivity contribution in [1.29, 1.82) is 0 Å². The average Bonchev–Trinajstić information content (AvgIpc) is 2.94. The summed E-state index contributed by atoms with van der Waals surface area (Å²) < 4.78 is 15.9. The number of benzene rings is 1. The highest BCUT2D eigenvalue weighted by atomic mass is 16.6. The molecule has 0 amide bonds. The second-order valence-corrected chi connectivity index (χ2v) is 6.76. The van der Waals surface area contributed by atoms with Gasteiger partial charge in [0.2, 0.25) is 5.78 Å². The van der Waals surface area contributed by atoms with Crippen LogP contribution in [0.3, 0.4) is 0 Å². The lowest BCUT2D eigenvalue weighted by Gasteiger charge is -2.23. The number of aliphatic hydroxyl groups excluding tert-OH is 1. The van der Waals surface area contributed by atoms with Crippen LogP contribution in [0.25, 0.3) is 0 Å². The Labute approximate surface area is 152 Å². The molecule has 1 saturated carbocycles. The molecule has 1 aromatic rings. The Bertz CT molecular complexity index is 702. The lowest BCUT2D eigenvalue weighted by molar-refractivity contribution is -0.142. The molecule has 2 aliphatic rings. The summed E-state index contributed by atoms with van der Waals surface area (Å²) in [5.41, 5.74) is -0.291. The molecule has 1 aromatic carbocycles. The predicted molar refractivity (Wildman–Crippen MR) is 94.2 cm³/mol. The Hall–Kier alpha value is -2.50. The average molecular weight is 360 g/mol. The molecule has 1 N–H and O–H groups in total. The molecule has 3 rings (SSSR count). The van der Waals surface area contributed by atoms with Crippen molar-refractivity contribution in [3.05, 3.63) is 35.6 Å². The molecule has 0 bridgehead atoms. The molecule has 0 saturated heterocycles. The number of ether oxygens (including phenoxy) is 3. The smallest absolute Gasteiger partial charge is 0.346 e. The van der Waals surface area contributed by atoms with E-state index in [1.165, 1.54) is 13.5 Å². The van der Waals surface area contributed by atoms with Crippen LogP contribution in [-0.4, -0.2) is 36.7 Å². The van der Waals surface area contributed by atoms with Gasteiger partial charge in [-0.15, -0.1) is 0 Å². The van der Waals surface area contributed by atoms with E-state index in [1.54, 1.807) is 24.3 Å². The van der Waals surface area contributed by atoms with Crippen molar-refractivity contribution in [2.75, 3.05) is 13.7 Å². The zero-order valence-electron chi connectivity index (χ0n) is 14.9. The number of ketones is 1. The molecule has 1 aliphatic carbocycles. The van der Waals surface area contributed by atoms with Crippen LogP contribution in [-0.2, 0) is 14.3 Å². The van der Waals surface area contributed by atoms with Crippen molar-refractivity contribution < 1.29 is 28.9 Å². The van der Waals surface area contributed by atoms with Gasteiger partial charge in [0, 0.05) is 0 Å². The first-order chi connectivity index (χ1) is 12.6. The fraction of sp³-hybridized carbons (Fsp3) is 0.500. The number of methoxy groups -OCH3 is 1. The van der Waals surface area contributed by atoms with Gasteiger partial charge in [0.1, 0.15) is 5.57 Å². The number of carbonyl (C=O) groups is 2. The van der Waals surface area contributed by atoms with Gasteiger partial charge in [0.15, 0.2) is 30.0 Å². The van der Waals surface area contributed by atoms with E-state index in [-0.39, 0.29) is 17.9 Å². The molecule has 0 spiro atoms. The number of cyclic esters (lactones) is 1. The third-order valence-electron chi connectivity index (χ3n) is 4.99. The van der Waals surface area contributed by atoms with Crippen molar-refractivity contribution in [3.8, 4) is 11.5 Å². The van der Waals surface area contributed by atoms with Crippen LogP contribution in [0.15, 0.2) is 35.6 Å². The van der Waals surface area contributed by atoms with Gasteiger partial charge < -0.3 is 19.3 Å². The largest absolute Gasteiger partial charge is 0.507 e. The molecule has 6 heteroatoms. The maximum Gasteiger partial charge on any atom is 0.346 e. The van der Waals surface area contributed by atoms with Crippen molar-refractivity contribution in [3.63, 3.8) is 0 Å². The van der Waals surface area contributed by atoms with Crippen molar-refractivity contribution in [2.24, 2.45) is 5.92 Å². The number of hydrogen-bond acceptors (Lipinski definition) is 6. The number of esters is 1. The molecule has 6 nitrogen and oxygen atoms in total. The van der Waals surface area contributed by atoms with Gasteiger partial charge in [-0.1, -0.05) is 44.2 Å². The first-order valence-corrected chi connectivity index (χ1v) is 9.03. The quantitative estimate of drug-likeness (QED) is 0.593. The van der Waals surface area contributed by atoms with Crippen LogP contribution < -0.4 is 9.47 Å². The van der Waals surface area contributed by atoms with Crippen LogP contribution in [0.4, 0.5) is 0 Å². The van der Waals surface area contributed by atoms with Crippen LogP contribution in [0.5, 0.6) is 11.5 Å². The van der Waals surface area contributed by atoms with E-state index >= 15 is 0 Å². The molecule has 140 valence electrons. The second kappa shape index (κ2) is 8.25. The summed E-state index contributed by atoms with van der Waals surface area (Å²) in [6, 6.07) is 6.91. The molecule has 1 atom stereocenters. The van der Waals surface area contributed by atoms with Crippen LogP contribution in [0.1, 0.15) is 38.5 Å². The van der Waals surface area contributed by atoms with Gasteiger partial charge in [0.25, 0.3) is 0 Å². The fourth-order valence-electron chi connectivity index (χ4n) is 3.61. The number of aliphatic hydroxyl groups is 1. The van der Waals surface area contributed by atoms with Crippen LogP contribution in [0.2, 0.25) is 0 Å². The zero-order valence-corrected chi connectivity index (χ0v) is 14.9. The Kier molecular flexibility index (Phi) is 5.81. The predicted octanol–water partition coefficient (Wildman–Crippen LogP) is 3.35. The Morgan fingerprint density at radius 3 is 2.58 bits per heavy atom. The van der Waals surface area contributed by atoms with E-state index in [0.29, 0.717) is 23.8 Å². The summed E-state index contributed by atoms with van der Waals surface area (Å²) in [7, 11) is 1.50. The standard InChI is InChI=1S/C20H24O6/c1-24-15-9-5-6-10-16(15)25-12-14(21)18-19(22)17(26-20(18)23)11-13-7-3-2-4-8-13/h5-6,9-10,13,17,22H,2-4,7-8,11-12H2,1H3. The highest BCUT2D eigenvalue weighted by Crippen LogP contribution is 2.33. The van der Waals surface area contributed by atoms with E-state index in [2.05, 4.69) is 0 Å². The van der Waals surface area contributed by atoms with E-state index < -0.39 is 17.9 Å². The highest BCUT2D eigenvalue weighted by Gasteiger charge is 2.39. The van der Waals surface area contributed by atoms with Crippen molar-refractivity contribution in [1.82, 2.24) is 0 Å². The minimum absolute atomic E-state index is 0.255. The molecular formula is C20H24O6. The van der Waals surface area contributed by atoms with E-state index in [0.717, 1.165) is 25.7 Å². The summed E-state index contributed by atoms with van der Waals surface area (Å²) in [5, 5.41) is 10.4. The number of carbonyl (C=O) groups excluding carboxylic acids is 2. The van der Waals surface area contributed by atoms with Gasteiger partial charge in [0.05, 0.1) is 7.11 Å². The monoisotopic (exact) mass is 360 g/mol. The summed E-state index contributed by atoms with van der Waals surface area (Å²) >= 11 is 0. The van der Waals surface area contributed by atoms with Gasteiger partial charge in [-0.05, 0) is 24.5 Å². The van der Waals surface area contributed by atoms with Crippen molar-refractivity contribution in [2.45, 2.75) is 44.6 Å². The molecular weight excluding hydrogens is 336 g/mol. The Morgan fingerprint density at radius 2 is 1.88 bits per heavy atom. The Morgan fingerprint density at radius 1 is 1.19 bits per heavy atom. The SMILES string of the molecule is COc1ccccc1OCC(=O)C1=C(O)C(CC2CCCCC2)OC1=O. The molecule has 1 fully saturated rings. The molecule has 1 heterocycles. The van der Waals surface area contributed by atoms with Gasteiger partial charge in [-0.25, -0.2) is 4.79 Å². The van der Waals surface area contributed by atoms with Crippen LogP contribution in [0, 0.1) is 5.92 Å². The highest BCUT2D eigenvalue weighted by molar-refractivity contribution is 6.19. The minimum Gasteiger partial charge on any atom is -0.507 e. The minimum atomic E-state index is -0.767. The normalized spacial score (nSPS) is 20.8. The summed E-state index contributed by atoms with van der Waals surface area (Å²) in [5.74, 6) is -0.310. The number of Topliss-reactive ketones (excluding diaryl/α,β-unsaturated/α-hetero) is 1. The second-order valence-electron chi connectivity index (χ2n) is 6.76. The summed E-state index contributed by atoms with van der Waals surface area (Å²) in [4.78, 5) is 24.5. The van der Waals surface area contributed by atoms with Crippen LogP contribution >= 0.6 is 0 Å². The lowest BCUT2D eigenvalue weighted by Crippen LogP contribution is -2.19. The van der Waals surface area contributed by atoms with Crippen molar-refractivity contribution >= 4 is 11.8 Å². The number of hydrogen-bond donors (Lipinski definition) is 1. The first kappa shape index (κ1) is 18.3. The van der Waals surface area contributed by atoms with E-state index in [9.17, 15) is 14.7 Å². The van der Waals surface area contributed by atoms with Gasteiger partial charge in [-0.2, -0.15) is 0 Å². The Balaban J connectivity index is 1.64. The lowest BCUT2D eigenvalue weighted by atomic mass is 9.85. The number of rotatable bonds is 7. The molecule has 1 unspecified atom stereocenters. The third-order valence-corrected chi connectivity index (χ3v) is 4.99.